The molecule has 2 fully saturated rings. The first-order chi connectivity index (χ1) is 8.28. The highest BCUT2D eigenvalue weighted by molar-refractivity contribution is 4.79. The summed E-state index contributed by atoms with van der Waals surface area (Å²) >= 11 is 0. The highest BCUT2D eigenvalue weighted by atomic mass is 16.5. The molecule has 3 heteroatoms. The second kappa shape index (κ2) is 6.72. The number of hydrogen-bond donors (Lipinski definition) is 1. The average Bonchev–Trinajstić information content (AvgIpc) is 2.81. The van der Waals surface area contributed by atoms with Gasteiger partial charge in [0.2, 0.25) is 0 Å². The van der Waals surface area contributed by atoms with E-state index in [1.165, 1.54) is 38.8 Å². The van der Waals surface area contributed by atoms with Gasteiger partial charge in [-0.15, -0.1) is 0 Å². The molecule has 1 N–H and O–H groups in total. The summed E-state index contributed by atoms with van der Waals surface area (Å²) < 4.78 is 5.74. The van der Waals surface area contributed by atoms with Gasteiger partial charge in [-0.25, -0.2) is 0 Å². The van der Waals surface area contributed by atoms with Crippen LogP contribution in [0.3, 0.4) is 0 Å². The van der Waals surface area contributed by atoms with E-state index in [0.717, 1.165) is 25.6 Å². The van der Waals surface area contributed by atoms with Crippen LogP contribution in [-0.4, -0.2) is 49.8 Å². The van der Waals surface area contributed by atoms with E-state index < -0.39 is 0 Å². The fraction of sp³-hybridized carbons (Fsp3) is 1.00. The lowest BCUT2D eigenvalue weighted by Gasteiger charge is -2.33. The summed E-state index contributed by atoms with van der Waals surface area (Å²) in [5.74, 6) is 0.882. The third-order valence-corrected chi connectivity index (χ3v) is 4.18. The predicted octanol–water partition coefficient (Wildman–Crippen LogP) is 1.88. The number of nitrogens with one attached hydrogen (secondary N) is 1. The number of piperidine rings is 1. The molecular formula is C14H28N2O. The quantitative estimate of drug-likeness (QED) is 0.794. The predicted molar refractivity (Wildman–Crippen MR) is 71.3 cm³/mol. The first-order valence-electron chi connectivity index (χ1n) is 7.35. The van der Waals surface area contributed by atoms with Crippen molar-refractivity contribution in [2.24, 2.45) is 5.92 Å². The maximum absolute atomic E-state index is 5.74. The smallest absolute Gasteiger partial charge is 0.0702 e. The number of likely N-dealkylation sites (N-methyl/N-ethyl adjacent to an activating group) is 1. The molecule has 0 aromatic carbocycles. The molecule has 0 radical (unpaired) electrons. The van der Waals surface area contributed by atoms with Gasteiger partial charge in [-0.1, -0.05) is 6.92 Å². The average molecular weight is 240 g/mol. The Morgan fingerprint density at radius 2 is 2.18 bits per heavy atom. The maximum atomic E-state index is 5.74. The fourth-order valence-electron chi connectivity index (χ4n) is 3.18. The zero-order valence-corrected chi connectivity index (χ0v) is 11.5. The molecule has 0 aromatic heterocycles. The van der Waals surface area contributed by atoms with Crippen LogP contribution in [0.15, 0.2) is 0 Å². The maximum Gasteiger partial charge on any atom is 0.0702 e. The summed E-state index contributed by atoms with van der Waals surface area (Å²) in [4.78, 5) is 2.60. The number of rotatable bonds is 5. The third kappa shape index (κ3) is 4.23. The first kappa shape index (κ1) is 13.3. The summed E-state index contributed by atoms with van der Waals surface area (Å²) in [6.45, 7) is 10.3. The largest absolute Gasteiger partial charge is 0.377 e. The van der Waals surface area contributed by atoms with Crippen molar-refractivity contribution in [3.05, 3.63) is 0 Å². The van der Waals surface area contributed by atoms with Crippen LogP contribution in [-0.2, 0) is 4.74 Å². The lowest BCUT2D eigenvalue weighted by atomic mass is 9.92. The topological polar surface area (TPSA) is 24.5 Å². The van der Waals surface area contributed by atoms with Gasteiger partial charge in [0, 0.05) is 25.7 Å². The van der Waals surface area contributed by atoms with Crippen molar-refractivity contribution in [2.45, 2.75) is 51.7 Å². The van der Waals surface area contributed by atoms with Gasteiger partial charge >= 0.3 is 0 Å². The summed E-state index contributed by atoms with van der Waals surface area (Å²) in [5.41, 5.74) is 0. The minimum Gasteiger partial charge on any atom is -0.377 e. The van der Waals surface area contributed by atoms with Crippen LogP contribution in [0.1, 0.15) is 39.5 Å². The molecule has 0 bridgehead atoms. The highest BCUT2D eigenvalue weighted by Crippen LogP contribution is 2.19. The Labute approximate surface area is 106 Å². The van der Waals surface area contributed by atoms with Gasteiger partial charge in [-0.2, -0.15) is 0 Å². The zero-order chi connectivity index (χ0) is 12.1. The molecule has 2 rings (SSSR count). The Balaban J connectivity index is 1.73. The molecule has 2 aliphatic heterocycles. The van der Waals surface area contributed by atoms with Crippen LogP contribution in [0.2, 0.25) is 0 Å². The van der Waals surface area contributed by atoms with Crippen LogP contribution in [0, 0.1) is 5.92 Å². The monoisotopic (exact) mass is 240 g/mol. The molecule has 17 heavy (non-hydrogen) atoms. The molecule has 3 nitrogen and oxygen atoms in total. The van der Waals surface area contributed by atoms with Crippen LogP contribution >= 0.6 is 0 Å². The van der Waals surface area contributed by atoms with E-state index in [1.54, 1.807) is 0 Å². The molecule has 3 atom stereocenters. The summed E-state index contributed by atoms with van der Waals surface area (Å²) in [7, 11) is 0. The minimum atomic E-state index is 0.508. The van der Waals surface area contributed by atoms with Gasteiger partial charge in [0.1, 0.15) is 0 Å². The van der Waals surface area contributed by atoms with E-state index in [1.807, 2.05) is 0 Å². The molecule has 0 aromatic rings. The van der Waals surface area contributed by atoms with Crippen LogP contribution < -0.4 is 5.32 Å². The van der Waals surface area contributed by atoms with Gasteiger partial charge in [0.15, 0.2) is 0 Å². The summed E-state index contributed by atoms with van der Waals surface area (Å²) in [5, 5.41) is 3.53. The standard InChI is InChI=1S/C14H28N2O/c1-3-16(11-14-5-4-8-17-14)10-13-6-7-15-12(2)9-13/h12-15H,3-11H2,1-2H3. The van der Waals surface area contributed by atoms with Gasteiger partial charge < -0.3 is 15.0 Å². The van der Waals surface area contributed by atoms with Crippen molar-refractivity contribution in [1.82, 2.24) is 10.2 Å². The Bertz CT molecular complexity index is 216. The van der Waals surface area contributed by atoms with Crippen molar-refractivity contribution in [3.8, 4) is 0 Å². The van der Waals surface area contributed by atoms with Crippen molar-refractivity contribution in [1.29, 1.82) is 0 Å². The Hall–Kier alpha value is -0.120. The normalized spacial score (nSPS) is 34.4. The van der Waals surface area contributed by atoms with Gasteiger partial charge in [-0.3, -0.25) is 0 Å². The molecule has 2 heterocycles. The van der Waals surface area contributed by atoms with Gasteiger partial charge in [-0.05, 0) is 51.6 Å². The highest BCUT2D eigenvalue weighted by Gasteiger charge is 2.23. The summed E-state index contributed by atoms with van der Waals surface area (Å²) in [6.07, 6.45) is 5.70. The van der Waals surface area contributed by atoms with Crippen LogP contribution in [0.25, 0.3) is 0 Å². The van der Waals surface area contributed by atoms with Crippen molar-refractivity contribution in [3.63, 3.8) is 0 Å². The van der Waals surface area contributed by atoms with Crippen molar-refractivity contribution >= 4 is 0 Å². The van der Waals surface area contributed by atoms with Crippen molar-refractivity contribution < 1.29 is 4.74 Å². The second-order valence-electron chi connectivity index (χ2n) is 5.73. The molecule has 3 unspecified atom stereocenters. The fourth-order valence-corrected chi connectivity index (χ4v) is 3.18. The number of nitrogens with zero attached hydrogens (tertiary/aromatic N) is 1. The third-order valence-electron chi connectivity index (χ3n) is 4.18. The SMILES string of the molecule is CCN(CC1CCNC(C)C1)CC1CCCO1. The minimum absolute atomic E-state index is 0.508. The van der Waals surface area contributed by atoms with Crippen molar-refractivity contribution in [2.75, 3.05) is 32.8 Å². The Morgan fingerprint density at radius 3 is 2.82 bits per heavy atom. The van der Waals surface area contributed by atoms with Crippen LogP contribution in [0.5, 0.6) is 0 Å². The van der Waals surface area contributed by atoms with E-state index in [0.29, 0.717) is 12.1 Å². The lowest BCUT2D eigenvalue weighted by molar-refractivity contribution is 0.0661. The number of ether oxygens (including phenoxy) is 1. The second-order valence-corrected chi connectivity index (χ2v) is 5.73. The zero-order valence-electron chi connectivity index (χ0n) is 11.5. The molecule has 0 aliphatic carbocycles. The van der Waals surface area contributed by atoms with E-state index in [9.17, 15) is 0 Å². The van der Waals surface area contributed by atoms with E-state index in [4.69, 9.17) is 4.74 Å². The molecule has 100 valence electrons. The lowest BCUT2D eigenvalue weighted by Crippen LogP contribution is -2.42. The Morgan fingerprint density at radius 1 is 1.29 bits per heavy atom. The molecule has 0 spiro atoms. The van der Waals surface area contributed by atoms with Crippen LogP contribution in [0.4, 0.5) is 0 Å². The Kier molecular flexibility index (Phi) is 5.26. The molecule has 2 saturated heterocycles. The van der Waals surface area contributed by atoms with Gasteiger partial charge in [0.05, 0.1) is 6.10 Å². The van der Waals surface area contributed by atoms with E-state index in [2.05, 4.69) is 24.1 Å². The summed E-state index contributed by atoms with van der Waals surface area (Å²) in [6, 6.07) is 0.704. The molecular weight excluding hydrogens is 212 g/mol. The molecule has 0 amide bonds. The molecule has 0 saturated carbocycles. The first-order valence-corrected chi connectivity index (χ1v) is 7.35. The van der Waals surface area contributed by atoms with E-state index >= 15 is 0 Å². The molecule has 2 aliphatic rings. The van der Waals surface area contributed by atoms with Gasteiger partial charge in [0.25, 0.3) is 0 Å². The van der Waals surface area contributed by atoms with E-state index in [-0.39, 0.29) is 0 Å². The number of hydrogen-bond acceptors (Lipinski definition) is 3.